The van der Waals surface area contributed by atoms with Crippen molar-refractivity contribution in [3.8, 4) is 0 Å². The van der Waals surface area contributed by atoms with Gasteiger partial charge in [0.05, 0.1) is 16.8 Å². The van der Waals surface area contributed by atoms with Crippen LogP contribution in [0.4, 0.5) is 18.9 Å². The van der Waals surface area contributed by atoms with E-state index in [1.165, 1.54) is 6.07 Å². The monoisotopic (exact) mass is 267 g/mol. The molecule has 1 aliphatic heterocycles. The Hall–Kier alpha value is -1.15. The van der Waals surface area contributed by atoms with Gasteiger partial charge in [-0.25, -0.2) is 4.99 Å². The highest BCUT2D eigenvalue weighted by Gasteiger charge is 2.32. The van der Waals surface area contributed by atoms with Crippen LogP contribution >= 0.6 is 0 Å². The summed E-state index contributed by atoms with van der Waals surface area (Å²) in [5.74, 6) is 0. The van der Waals surface area contributed by atoms with Crippen LogP contribution in [0.2, 0.25) is 0 Å². The maximum atomic E-state index is 12.4. The van der Waals surface area contributed by atoms with E-state index < -0.39 is 30.5 Å². The second kappa shape index (κ2) is 3.70. The Bertz CT molecular complexity index is 609. The molecule has 0 aliphatic carbocycles. The van der Waals surface area contributed by atoms with Crippen LogP contribution in [-0.2, 0) is 24.9 Å². The number of hydrogen-bond acceptors (Lipinski definition) is 3. The molecule has 0 spiro atoms. The molecule has 86 valence electrons. The minimum Gasteiger partial charge on any atom is -0.248 e. The fraction of sp³-hybridized carbons (Fsp3) is 0.125. The lowest BCUT2D eigenvalue weighted by molar-refractivity contribution is -0.137. The van der Waals surface area contributed by atoms with Crippen molar-refractivity contribution < 1.29 is 21.6 Å². The molecule has 0 saturated heterocycles. The molecular formula is C8H4F3NO2S2. The highest BCUT2D eigenvalue weighted by Crippen LogP contribution is 2.35. The summed E-state index contributed by atoms with van der Waals surface area (Å²) >= 11 is 0. The van der Waals surface area contributed by atoms with Crippen molar-refractivity contribution in [1.82, 2.24) is 0 Å². The first-order valence-electron chi connectivity index (χ1n) is 3.98. The highest BCUT2D eigenvalue weighted by molar-refractivity contribution is 8.41. The zero-order valence-corrected chi connectivity index (χ0v) is 9.16. The second-order valence-corrected chi connectivity index (χ2v) is 6.46. The number of halogens is 3. The Kier molecular flexibility index (Phi) is 2.62. The van der Waals surface area contributed by atoms with E-state index in [9.17, 15) is 21.6 Å². The topological polar surface area (TPSA) is 46.5 Å². The van der Waals surface area contributed by atoms with Crippen LogP contribution in [-0.4, -0.2) is 14.0 Å². The number of aliphatic imine (C=N–C) groups is 1. The Morgan fingerprint density at radius 3 is 2.50 bits per heavy atom. The van der Waals surface area contributed by atoms with Crippen LogP contribution in [0.25, 0.3) is 0 Å². The zero-order chi connectivity index (χ0) is 11.9. The van der Waals surface area contributed by atoms with Gasteiger partial charge in [-0.3, -0.25) is 0 Å². The van der Waals surface area contributed by atoms with Crippen molar-refractivity contribution in [1.29, 1.82) is 0 Å². The summed E-state index contributed by atoms with van der Waals surface area (Å²) in [7, 11) is -3.85. The molecule has 2 rings (SSSR count). The average molecular weight is 267 g/mol. The maximum Gasteiger partial charge on any atom is 0.416 e. The van der Waals surface area contributed by atoms with Gasteiger partial charge in [0, 0.05) is 14.3 Å². The van der Waals surface area contributed by atoms with E-state index in [4.69, 9.17) is 0 Å². The van der Waals surface area contributed by atoms with Crippen LogP contribution in [0, 0.1) is 0 Å². The molecule has 1 atom stereocenters. The van der Waals surface area contributed by atoms with E-state index in [2.05, 4.69) is 4.99 Å². The van der Waals surface area contributed by atoms with Crippen LogP contribution in [0.1, 0.15) is 5.56 Å². The molecule has 0 radical (unpaired) electrons. The van der Waals surface area contributed by atoms with Crippen LogP contribution in [0.15, 0.2) is 28.1 Å². The SMILES string of the molecule is O=S(=O)=S1C=Nc2ccc(C(F)(F)F)cc21. The molecule has 8 heteroatoms. The summed E-state index contributed by atoms with van der Waals surface area (Å²) in [6.45, 7) is 0. The van der Waals surface area contributed by atoms with Gasteiger partial charge < -0.3 is 0 Å². The number of nitrogens with zero attached hydrogens (tertiary/aromatic N) is 1. The van der Waals surface area contributed by atoms with Crippen LogP contribution in [0.5, 0.6) is 0 Å². The average Bonchev–Trinajstić information content (AvgIpc) is 2.58. The smallest absolute Gasteiger partial charge is 0.248 e. The second-order valence-electron chi connectivity index (χ2n) is 2.92. The fourth-order valence-electron chi connectivity index (χ4n) is 1.23. The fourth-order valence-corrected chi connectivity index (χ4v) is 3.52. The molecule has 0 bridgehead atoms. The molecule has 16 heavy (non-hydrogen) atoms. The van der Waals surface area contributed by atoms with Gasteiger partial charge in [0.1, 0.15) is 0 Å². The first kappa shape index (κ1) is 11.3. The molecule has 0 amide bonds. The third-order valence-electron chi connectivity index (χ3n) is 1.94. The molecule has 1 aromatic rings. The molecule has 1 aliphatic rings. The molecular weight excluding hydrogens is 263 g/mol. The number of benzene rings is 1. The predicted molar refractivity (Wildman–Crippen MR) is 54.1 cm³/mol. The van der Waals surface area contributed by atoms with Gasteiger partial charge in [-0.1, -0.05) is 0 Å². The molecule has 0 saturated carbocycles. The Morgan fingerprint density at radius 2 is 1.94 bits per heavy atom. The number of rotatable bonds is 0. The Balaban J connectivity index is 2.67. The van der Waals surface area contributed by atoms with Gasteiger partial charge in [-0.15, -0.1) is 0 Å². The number of fused-ring (bicyclic) bond motifs is 1. The van der Waals surface area contributed by atoms with Crippen molar-refractivity contribution in [2.24, 2.45) is 4.99 Å². The molecule has 1 heterocycles. The van der Waals surface area contributed by atoms with E-state index in [0.29, 0.717) is 0 Å². The van der Waals surface area contributed by atoms with Gasteiger partial charge in [0.2, 0.25) is 0 Å². The summed E-state index contributed by atoms with van der Waals surface area (Å²) in [4.78, 5) is 3.85. The first-order chi connectivity index (χ1) is 7.39. The number of hydrogen-bond donors (Lipinski definition) is 0. The predicted octanol–water partition coefficient (Wildman–Crippen LogP) is 2.15. The standard InChI is InChI=1S/C8H4F3NO2S2/c9-8(10,11)5-1-2-6-7(3-5)15(4-12-6)16(13)14/h1-4H. The molecule has 0 fully saturated rings. The Labute approximate surface area is 91.8 Å². The van der Waals surface area contributed by atoms with Gasteiger partial charge in [-0.2, -0.15) is 21.6 Å². The zero-order valence-electron chi connectivity index (χ0n) is 7.52. The molecule has 0 aromatic heterocycles. The van der Waals surface area contributed by atoms with E-state index in [1.54, 1.807) is 0 Å². The van der Waals surface area contributed by atoms with Crippen molar-refractivity contribution in [3.63, 3.8) is 0 Å². The van der Waals surface area contributed by atoms with Gasteiger partial charge in [0.25, 0.3) is 9.26 Å². The summed E-state index contributed by atoms with van der Waals surface area (Å²) < 4.78 is 58.7. The molecule has 1 aromatic carbocycles. The lowest BCUT2D eigenvalue weighted by Crippen LogP contribution is -2.05. The normalized spacial score (nSPS) is 18.6. The summed E-state index contributed by atoms with van der Waals surface area (Å²) in [5, 5.41) is 0. The Morgan fingerprint density at radius 1 is 1.25 bits per heavy atom. The number of alkyl halides is 3. The minimum absolute atomic E-state index is 0.100. The lowest BCUT2D eigenvalue weighted by Gasteiger charge is -2.07. The van der Waals surface area contributed by atoms with E-state index in [1.807, 2.05) is 0 Å². The molecule has 1 unspecified atom stereocenters. The van der Waals surface area contributed by atoms with Gasteiger partial charge >= 0.3 is 6.18 Å². The lowest BCUT2D eigenvalue weighted by atomic mass is 10.2. The molecule has 0 N–H and O–H groups in total. The molecule has 3 nitrogen and oxygen atoms in total. The highest BCUT2D eigenvalue weighted by atomic mass is 32.9. The third-order valence-corrected chi connectivity index (χ3v) is 4.97. The van der Waals surface area contributed by atoms with Crippen LogP contribution < -0.4 is 0 Å². The summed E-state index contributed by atoms with van der Waals surface area (Å²) in [6, 6.07) is 2.90. The van der Waals surface area contributed by atoms with Crippen molar-refractivity contribution in [3.05, 3.63) is 23.8 Å². The summed E-state index contributed by atoms with van der Waals surface area (Å²) in [5.41, 5.74) is 0.564. The third kappa shape index (κ3) is 1.90. The van der Waals surface area contributed by atoms with E-state index in [-0.39, 0.29) is 10.6 Å². The van der Waals surface area contributed by atoms with Gasteiger partial charge in [0.15, 0.2) is 0 Å². The largest absolute Gasteiger partial charge is 0.416 e. The quantitative estimate of drug-likeness (QED) is 0.723. The van der Waals surface area contributed by atoms with E-state index in [0.717, 1.165) is 17.7 Å². The van der Waals surface area contributed by atoms with Crippen molar-refractivity contribution >= 4 is 30.0 Å². The van der Waals surface area contributed by atoms with Crippen molar-refractivity contribution in [2.45, 2.75) is 11.1 Å². The van der Waals surface area contributed by atoms with Gasteiger partial charge in [-0.05, 0) is 18.2 Å². The van der Waals surface area contributed by atoms with Crippen molar-refractivity contribution in [2.75, 3.05) is 0 Å². The minimum atomic E-state index is -4.48. The summed E-state index contributed by atoms with van der Waals surface area (Å²) in [6.07, 6.45) is -4.48. The van der Waals surface area contributed by atoms with E-state index >= 15 is 0 Å². The van der Waals surface area contributed by atoms with Crippen LogP contribution in [0.3, 0.4) is 0 Å². The maximum absolute atomic E-state index is 12.4. The first-order valence-corrected chi connectivity index (χ1v) is 6.86.